The van der Waals surface area contributed by atoms with Gasteiger partial charge in [-0.15, -0.1) is 0 Å². The van der Waals surface area contributed by atoms with E-state index in [-0.39, 0.29) is 22.9 Å². The minimum absolute atomic E-state index is 0.111. The van der Waals surface area contributed by atoms with Gasteiger partial charge in [0.2, 0.25) is 4.96 Å². The Morgan fingerprint density at radius 3 is 2.57 bits per heavy atom. The molecule has 0 atom stereocenters. The van der Waals surface area contributed by atoms with Gasteiger partial charge in [0.25, 0.3) is 11.1 Å². The van der Waals surface area contributed by atoms with Crippen molar-refractivity contribution in [3.8, 4) is 11.5 Å². The Balaban J connectivity index is 1.82. The summed E-state index contributed by atoms with van der Waals surface area (Å²) in [6, 6.07) is 11.0. The van der Waals surface area contributed by atoms with Gasteiger partial charge < -0.3 is 9.47 Å². The summed E-state index contributed by atoms with van der Waals surface area (Å²) in [6.45, 7) is 0. The molecule has 152 valence electrons. The lowest BCUT2D eigenvalue weighted by Gasteiger charge is -2.09. The van der Waals surface area contributed by atoms with Gasteiger partial charge in [-0.3, -0.25) is 9.59 Å². The predicted molar refractivity (Wildman–Crippen MR) is 111 cm³/mol. The van der Waals surface area contributed by atoms with Crippen LogP contribution < -0.4 is 25.1 Å². The highest BCUT2D eigenvalue weighted by Gasteiger charge is 2.13. The molecule has 0 saturated carbocycles. The smallest absolute Gasteiger partial charge is 0.296 e. The summed E-state index contributed by atoms with van der Waals surface area (Å²) in [5.41, 5.74) is 0.534. The second-order valence-corrected chi connectivity index (χ2v) is 7.37. The fraction of sp³-hybridized carbons (Fsp3) is 0.143. The molecule has 0 aliphatic rings. The average molecular weight is 425 g/mol. The molecule has 0 aliphatic carbocycles. The topological polar surface area (TPSA) is 82.8 Å². The minimum Gasteiger partial charge on any atom is -0.493 e. The molecule has 7 nitrogen and oxygen atoms in total. The van der Waals surface area contributed by atoms with E-state index in [2.05, 4.69) is 10.1 Å². The third kappa shape index (κ3) is 3.67. The Hall–Kier alpha value is -3.59. The molecule has 30 heavy (non-hydrogen) atoms. The van der Waals surface area contributed by atoms with E-state index in [0.717, 1.165) is 15.9 Å². The number of ether oxygens (including phenoxy) is 2. The molecule has 9 heteroatoms. The number of nitrogens with zero attached hydrogens (tertiary/aromatic N) is 3. The highest BCUT2D eigenvalue weighted by molar-refractivity contribution is 7.15. The Labute approximate surface area is 173 Å². The van der Waals surface area contributed by atoms with Gasteiger partial charge in [0, 0.05) is 12.0 Å². The van der Waals surface area contributed by atoms with E-state index in [0.29, 0.717) is 27.2 Å². The van der Waals surface area contributed by atoms with Crippen LogP contribution in [0, 0.1) is 5.82 Å². The fourth-order valence-electron chi connectivity index (χ4n) is 3.01. The van der Waals surface area contributed by atoms with Gasteiger partial charge >= 0.3 is 0 Å². The largest absolute Gasteiger partial charge is 0.493 e. The van der Waals surface area contributed by atoms with Crippen LogP contribution in [0.4, 0.5) is 4.39 Å². The van der Waals surface area contributed by atoms with E-state index in [1.807, 2.05) is 0 Å². The van der Waals surface area contributed by atoms with E-state index in [1.54, 1.807) is 36.4 Å². The maximum Gasteiger partial charge on any atom is 0.296 e. The number of hydrogen-bond donors (Lipinski definition) is 0. The zero-order chi connectivity index (χ0) is 21.3. The summed E-state index contributed by atoms with van der Waals surface area (Å²) < 4.78 is 25.2. The average Bonchev–Trinajstić information content (AvgIpc) is 3.04. The number of halogens is 1. The number of rotatable bonds is 5. The monoisotopic (exact) mass is 425 g/mol. The lowest BCUT2D eigenvalue weighted by Crippen LogP contribution is -2.28. The van der Waals surface area contributed by atoms with Crippen molar-refractivity contribution in [2.75, 3.05) is 14.2 Å². The van der Waals surface area contributed by atoms with Gasteiger partial charge in [-0.1, -0.05) is 35.6 Å². The van der Waals surface area contributed by atoms with Crippen LogP contribution in [0.15, 0.2) is 52.1 Å². The van der Waals surface area contributed by atoms with Crippen molar-refractivity contribution >= 4 is 22.4 Å². The third-order valence-corrected chi connectivity index (χ3v) is 5.41. The van der Waals surface area contributed by atoms with Gasteiger partial charge in [-0.05, 0) is 29.8 Å². The second kappa shape index (κ2) is 8.03. The summed E-state index contributed by atoms with van der Waals surface area (Å²) in [5, 5.41) is 4.20. The summed E-state index contributed by atoms with van der Waals surface area (Å²) in [6.07, 6.45) is 1.79. The Morgan fingerprint density at radius 1 is 1.10 bits per heavy atom. The van der Waals surface area contributed by atoms with Crippen LogP contribution in [0.2, 0.25) is 0 Å². The highest BCUT2D eigenvalue weighted by atomic mass is 32.1. The number of aromatic nitrogens is 3. The SMILES string of the molecule is COc1cccc(/C=c2\sc3nc(=O)c(Cc4ccc(F)cc4)nn3c2=O)c1OC. The summed E-state index contributed by atoms with van der Waals surface area (Å²) in [7, 11) is 3.05. The van der Waals surface area contributed by atoms with Gasteiger partial charge in [-0.25, -0.2) is 4.39 Å². The van der Waals surface area contributed by atoms with Crippen LogP contribution in [0.25, 0.3) is 11.0 Å². The number of para-hydroxylation sites is 1. The van der Waals surface area contributed by atoms with Gasteiger partial charge in [0.1, 0.15) is 11.5 Å². The first-order chi connectivity index (χ1) is 14.5. The highest BCUT2D eigenvalue weighted by Crippen LogP contribution is 2.31. The van der Waals surface area contributed by atoms with Crippen LogP contribution in [-0.2, 0) is 6.42 Å². The first-order valence-corrected chi connectivity index (χ1v) is 9.71. The molecular formula is C21H16FN3O4S. The van der Waals surface area contributed by atoms with Gasteiger partial charge in [0.15, 0.2) is 11.5 Å². The van der Waals surface area contributed by atoms with Crippen molar-refractivity contribution in [1.82, 2.24) is 14.6 Å². The Kier molecular flexibility index (Phi) is 5.28. The maximum atomic E-state index is 13.1. The zero-order valence-electron chi connectivity index (χ0n) is 16.1. The van der Waals surface area contributed by atoms with Crippen molar-refractivity contribution in [3.05, 3.63) is 90.3 Å². The molecule has 0 N–H and O–H groups in total. The molecule has 0 amide bonds. The molecule has 0 spiro atoms. The van der Waals surface area contributed by atoms with E-state index < -0.39 is 11.1 Å². The van der Waals surface area contributed by atoms with Crippen molar-refractivity contribution in [3.63, 3.8) is 0 Å². The number of fused-ring (bicyclic) bond motifs is 1. The summed E-state index contributed by atoms with van der Waals surface area (Å²) in [4.78, 5) is 29.4. The van der Waals surface area contributed by atoms with Crippen LogP contribution in [0.5, 0.6) is 11.5 Å². The van der Waals surface area contributed by atoms with Crippen LogP contribution in [-0.4, -0.2) is 28.8 Å². The van der Waals surface area contributed by atoms with Crippen molar-refractivity contribution < 1.29 is 13.9 Å². The first-order valence-electron chi connectivity index (χ1n) is 8.90. The standard InChI is InChI=1S/C21H16FN3O4S/c1-28-16-5-3-4-13(18(16)29-2)11-17-20(27)25-21(30-17)23-19(26)15(24-25)10-12-6-8-14(22)9-7-12/h3-9,11H,10H2,1-2H3/b17-11-. The molecule has 4 rings (SSSR count). The molecule has 2 aromatic heterocycles. The molecule has 2 heterocycles. The van der Waals surface area contributed by atoms with Crippen LogP contribution in [0.1, 0.15) is 16.8 Å². The number of methoxy groups -OCH3 is 2. The zero-order valence-corrected chi connectivity index (χ0v) is 16.9. The Morgan fingerprint density at radius 2 is 1.87 bits per heavy atom. The molecule has 0 fully saturated rings. The lowest BCUT2D eigenvalue weighted by molar-refractivity contribution is 0.354. The summed E-state index contributed by atoms with van der Waals surface area (Å²) in [5.74, 6) is 0.654. The van der Waals surface area contributed by atoms with Gasteiger partial charge in [-0.2, -0.15) is 14.6 Å². The molecular weight excluding hydrogens is 409 g/mol. The summed E-state index contributed by atoms with van der Waals surface area (Å²) >= 11 is 1.06. The molecule has 0 saturated heterocycles. The van der Waals surface area contributed by atoms with E-state index >= 15 is 0 Å². The van der Waals surface area contributed by atoms with Crippen LogP contribution in [0.3, 0.4) is 0 Å². The van der Waals surface area contributed by atoms with E-state index in [4.69, 9.17) is 9.47 Å². The van der Waals surface area contributed by atoms with Crippen molar-refractivity contribution in [1.29, 1.82) is 0 Å². The van der Waals surface area contributed by atoms with E-state index in [9.17, 15) is 14.0 Å². The van der Waals surface area contributed by atoms with Crippen molar-refractivity contribution in [2.45, 2.75) is 6.42 Å². The van der Waals surface area contributed by atoms with Gasteiger partial charge in [0.05, 0.1) is 18.8 Å². The van der Waals surface area contributed by atoms with Crippen molar-refractivity contribution in [2.24, 2.45) is 0 Å². The molecule has 0 radical (unpaired) electrons. The number of hydrogen-bond acceptors (Lipinski definition) is 7. The predicted octanol–water partition coefficient (Wildman–Crippen LogP) is 1.81. The fourth-order valence-corrected chi connectivity index (χ4v) is 3.91. The van der Waals surface area contributed by atoms with E-state index in [1.165, 1.54) is 26.4 Å². The lowest BCUT2D eigenvalue weighted by atomic mass is 10.1. The Bertz CT molecular complexity index is 1400. The van der Waals surface area contributed by atoms with Crippen LogP contribution >= 0.6 is 11.3 Å². The molecule has 0 bridgehead atoms. The molecule has 0 unspecified atom stereocenters. The maximum absolute atomic E-state index is 13.1. The quantitative estimate of drug-likeness (QED) is 0.485. The third-order valence-electron chi connectivity index (χ3n) is 4.46. The first kappa shape index (κ1) is 19.7. The normalized spacial score (nSPS) is 11.8. The number of benzene rings is 2. The number of thiazole rings is 1. The molecule has 0 aliphatic heterocycles. The minimum atomic E-state index is -0.522. The molecule has 2 aromatic carbocycles. The second-order valence-electron chi connectivity index (χ2n) is 6.36. The molecule has 4 aromatic rings.